The minimum atomic E-state index is -4.14. The van der Waals surface area contributed by atoms with Crippen LogP contribution in [0.5, 0.6) is 5.75 Å². The quantitative estimate of drug-likeness (QED) is 0.289. The summed E-state index contributed by atoms with van der Waals surface area (Å²) < 4.78 is 34.6. The molecule has 0 bridgehead atoms. The third-order valence-corrected chi connectivity index (χ3v) is 9.13. The van der Waals surface area contributed by atoms with Gasteiger partial charge in [-0.2, -0.15) is 0 Å². The molecule has 0 aromatic heterocycles. The highest BCUT2D eigenvalue weighted by Gasteiger charge is 2.33. The second-order valence-electron chi connectivity index (χ2n) is 9.10. The maximum absolute atomic E-state index is 14.0. The summed E-state index contributed by atoms with van der Waals surface area (Å²) in [6, 6.07) is 20.0. The second-order valence-corrected chi connectivity index (χ2v) is 11.8. The molecule has 3 aromatic carbocycles. The Hall–Kier alpha value is -3.50. The molecule has 0 heterocycles. The number of benzene rings is 3. The molecular formula is C30H37N3O5S2. The molecule has 0 fully saturated rings. The van der Waals surface area contributed by atoms with Crippen LogP contribution in [0.1, 0.15) is 31.4 Å². The van der Waals surface area contributed by atoms with Crippen molar-refractivity contribution in [3.63, 3.8) is 0 Å². The Morgan fingerprint density at radius 2 is 1.62 bits per heavy atom. The van der Waals surface area contributed by atoms with Gasteiger partial charge in [0.15, 0.2) is 0 Å². The summed E-state index contributed by atoms with van der Waals surface area (Å²) in [5.41, 5.74) is 2.16. The van der Waals surface area contributed by atoms with Crippen molar-refractivity contribution in [3.8, 4) is 5.75 Å². The Morgan fingerprint density at radius 3 is 2.17 bits per heavy atom. The Balaban J connectivity index is 2.07. The normalized spacial score (nSPS) is 11.9. The summed E-state index contributed by atoms with van der Waals surface area (Å²) in [7, 11) is -2.61. The SMILES string of the molecule is CCOc1ccc(N(CC(=O)N(Cc2ccccc2C)C(CC)C(=O)NC)S(=O)(=O)c2ccc(SC)cc2)cc1. The summed E-state index contributed by atoms with van der Waals surface area (Å²) in [5.74, 6) is -0.212. The number of nitrogens with zero attached hydrogens (tertiary/aromatic N) is 2. The average molecular weight is 584 g/mol. The van der Waals surface area contributed by atoms with Gasteiger partial charge in [0.1, 0.15) is 18.3 Å². The van der Waals surface area contributed by atoms with Crippen LogP contribution in [0, 0.1) is 6.92 Å². The fourth-order valence-electron chi connectivity index (χ4n) is 4.34. The van der Waals surface area contributed by atoms with E-state index in [4.69, 9.17) is 4.74 Å². The van der Waals surface area contributed by atoms with Gasteiger partial charge < -0.3 is 15.0 Å². The summed E-state index contributed by atoms with van der Waals surface area (Å²) in [6.45, 7) is 5.77. The van der Waals surface area contributed by atoms with Gasteiger partial charge in [-0.25, -0.2) is 8.42 Å². The van der Waals surface area contributed by atoms with E-state index in [0.717, 1.165) is 20.3 Å². The predicted molar refractivity (Wildman–Crippen MR) is 160 cm³/mol. The van der Waals surface area contributed by atoms with Gasteiger partial charge in [0, 0.05) is 18.5 Å². The third-order valence-electron chi connectivity index (χ3n) is 6.60. The number of anilines is 1. The van der Waals surface area contributed by atoms with Crippen molar-refractivity contribution < 1.29 is 22.7 Å². The van der Waals surface area contributed by atoms with Gasteiger partial charge in [-0.3, -0.25) is 13.9 Å². The molecule has 10 heteroatoms. The molecular weight excluding hydrogens is 546 g/mol. The number of carbonyl (C=O) groups excluding carboxylic acids is 2. The van der Waals surface area contributed by atoms with E-state index in [-0.39, 0.29) is 17.3 Å². The first-order valence-electron chi connectivity index (χ1n) is 13.1. The lowest BCUT2D eigenvalue weighted by atomic mass is 10.1. The molecule has 1 unspecified atom stereocenters. The number of sulfonamides is 1. The van der Waals surface area contributed by atoms with E-state index < -0.39 is 28.5 Å². The van der Waals surface area contributed by atoms with Crippen molar-refractivity contribution in [2.45, 2.75) is 49.6 Å². The molecule has 214 valence electrons. The van der Waals surface area contributed by atoms with E-state index >= 15 is 0 Å². The van der Waals surface area contributed by atoms with E-state index in [0.29, 0.717) is 24.5 Å². The molecule has 1 atom stereocenters. The Kier molecular flexibility index (Phi) is 11.0. The zero-order valence-electron chi connectivity index (χ0n) is 23.6. The van der Waals surface area contributed by atoms with Gasteiger partial charge in [0.25, 0.3) is 10.0 Å². The Bertz CT molecular complexity index is 1390. The molecule has 0 aliphatic heterocycles. The smallest absolute Gasteiger partial charge is 0.264 e. The Labute approximate surface area is 241 Å². The van der Waals surface area contributed by atoms with Gasteiger partial charge in [-0.1, -0.05) is 31.2 Å². The molecule has 3 rings (SSSR count). The molecule has 0 aliphatic carbocycles. The van der Waals surface area contributed by atoms with Gasteiger partial charge in [0.05, 0.1) is 17.2 Å². The first-order chi connectivity index (χ1) is 19.2. The maximum Gasteiger partial charge on any atom is 0.264 e. The number of amides is 2. The van der Waals surface area contributed by atoms with Crippen molar-refractivity contribution in [3.05, 3.63) is 83.9 Å². The van der Waals surface area contributed by atoms with Crippen LogP contribution in [-0.4, -0.2) is 57.6 Å². The molecule has 0 saturated heterocycles. The zero-order chi connectivity index (χ0) is 29.3. The topological polar surface area (TPSA) is 96.0 Å². The first-order valence-corrected chi connectivity index (χ1v) is 15.8. The predicted octanol–water partition coefficient (Wildman–Crippen LogP) is 4.86. The molecule has 1 N–H and O–H groups in total. The fraction of sp³-hybridized carbons (Fsp3) is 0.333. The highest BCUT2D eigenvalue weighted by Crippen LogP contribution is 2.28. The number of ether oxygens (including phenoxy) is 1. The number of aryl methyl sites for hydroxylation is 1. The number of likely N-dealkylation sites (N-methyl/N-ethyl adjacent to an activating group) is 1. The maximum atomic E-state index is 14.0. The first kappa shape index (κ1) is 31.0. The molecule has 0 aliphatic rings. The van der Waals surface area contributed by atoms with Crippen LogP contribution in [-0.2, 0) is 26.2 Å². The third kappa shape index (κ3) is 7.37. The monoisotopic (exact) mass is 583 g/mol. The van der Waals surface area contributed by atoms with E-state index in [1.54, 1.807) is 36.4 Å². The fourth-order valence-corrected chi connectivity index (χ4v) is 6.16. The standard InChI is InChI=1S/C30H37N3O5S2/c1-6-28(30(35)31-4)32(20-23-11-9-8-10-22(23)3)29(34)21-33(24-12-14-25(15-13-24)38-7-2)40(36,37)27-18-16-26(39-5)17-19-27/h8-19,28H,6-7,20-21H2,1-5H3,(H,31,35). The Morgan fingerprint density at radius 1 is 0.975 bits per heavy atom. The lowest BCUT2D eigenvalue weighted by Gasteiger charge is -2.33. The van der Waals surface area contributed by atoms with Crippen LogP contribution >= 0.6 is 11.8 Å². The number of rotatable bonds is 13. The van der Waals surface area contributed by atoms with Crippen LogP contribution in [0.2, 0.25) is 0 Å². The summed E-state index contributed by atoms with van der Waals surface area (Å²) >= 11 is 1.51. The van der Waals surface area contributed by atoms with Crippen LogP contribution in [0.15, 0.2) is 82.6 Å². The zero-order valence-corrected chi connectivity index (χ0v) is 25.2. The lowest BCUT2D eigenvalue weighted by molar-refractivity contribution is -0.140. The molecule has 40 heavy (non-hydrogen) atoms. The van der Waals surface area contributed by atoms with Gasteiger partial charge in [0.2, 0.25) is 11.8 Å². The number of hydrogen-bond acceptors (Lipinski definition) is 6. The molecule has 3 aromatic rings. The van der Waals surface area contributed by atoms with Crippen LogP contribution in [0.3, 0.4) is 0 Å². The summed E-state index contributed by atoms with van der Waals surface area (Å²) in [5, 5.41) is 2.64. The summed E-state index contributed by atoms with van der Waals surface area (Å²) in [4.78, 5) is 29.3. The van der Waals surface area contributed by atoms with E-state index in [1.807, 2.05) is 51.3 Å². The van der Waals surface area contributed by atoms with Crippen molar-refractivity contribution in [2.75, 3.05) is 30.8 Å². The largest absolute Gasteiger partial charge is 0.494 e. The van der Waals surface area contributed by atoms with Crippen molar-refractivity contribution in [2.24, 2.45) is 0 Å². The number of nitrogens with one attached hydrogen (secondary N) is 1. The minimum absolute atomic E-state index is 0.0655. The highest BCUT2D eigenvalue weighted by molar-refractivity contribution is 7.98. The van der Waals surface area contributed by atoms with Crippen molar-refractivity contribution in [1.29, 1.82) is 0 Å². The second kappa shape index (κ2) is 14.2. The molecule has 0 radical (unpaired) electrons. The molecule has 8 nitrogen and oxygen atoms in total. The van der Waals surface area contributed by atoms with Crippen molar-refractivity contribution >= 4 is 39.3 Å². The lowest BCUT2D eigenvalue weighted by Crippen LogP contribution is -2.51. The van der Waals surface area contributed by atoms with Crippen LogP contribution in [0.25, 0.3) is 0 Å². The summed E-state index contributed by atoms with van der Waals surface area (Å²) in [6.07, 6.45) is 2.28. The number of hydrogen-bond donors (Lipinski definition) is 1. The number of thioether (sulfide) groups is 1. The van der Waals surface area contributed by atoms with Gasteiger partial charge >= 0.3 is 0 Å². The molecule has 0 spiro atoms. The van der Waals surface area contributed by atoms with Crippen LogP contribution < -0.4 is 14.4 Å². The van der Waals surface area contributed by atoms with E-state index in [1.165, 1.54) is 35.8 Å². The highest BCUT2D eigenvalue weighted by atomic mass is 32.2. The van der Waals surface area contributed by atoms with Gasteiger partial charge in [-0.15, -0.1) is 11.8 Å². The minimum Gasteiger partial charge on any atom is -0.494 e. The molecule has 2 amide bonds. The van der Waals surface area contributed by atoms with E-state index in [9.17, 15) is 18.0 Å². The van der Waals surface area contributed by atoms with E-state index in [2.05, 4.69) is 5.32 Å². The van der Waals surface area contributed by atoms with Crippen LogP contribution in [0.4, 0.5) is 5.69 Å². The number of carbonyl (C=O) groups is 2. The average Bonchev–Trinajstić information content (AvgIpc) is 2.97. The molecule has 0 saturated carbocycles. The van der Waals surface area contributed by atoms with Crippen molar-refractivity contribution in [1.82, 2.24) is 10.2 Å². The van der Waals surface area contributed by atoms with Gasteiger partial charge in [-0.05, 0) is 86.2 Å².